The van der Waals surface area contributed by atoms with Gasteiger partial charge in [-0.15, -0.1) is 0 Å². The molecule has 0 aliphatic carbocycles. The van der Waals surface area contributed by atoms with Crippen LogP contribution in [-0.4, -0.2) is 25.8 Å². The van der Waals surface area contributed by atoms with Gasteiger partial charge < -0.3 is 10.1 Å². The van der Waals surface area contributed by atoms with E-state index >= 15 is 0 Å². The van der Waals surface area contributed by atoms with E-state index in [9.17, 15) is 8.78 Å². The molecular weight excluding hydrogens is 236 g/mol. The Morgan fingerprint density at radius 1 is 1.33 bits per heavy atom. The number of hydrogen-bond donors (Lipinski definition) is 1. The van der Waals surface area contributed by atoms with E-state index in [2.05, 4.69) is 5.32 Å². The van der Waals surface area contributed by atoms with Gasteiger partial charge in [-0.25, -0.2) is 0 Å². The highest BCUT2D eigenvalue weighted by atomic mass is 19.3. The number of benzene rings is 1. The zero-order valence-electron chi connectivity index (χ0n) is 10.5. The molecular formula is C14H19F2NO. The SMILES string of the molecule is CC1OCCC1CNCC(F)(F)c1ccccc1. The topological polar surface area (TPSA) is 21.3 Å². The van der Waals surface area contributed by atoms with Crippen molar-refractivity contribution >= 4 is 0 Å². The van der Waals surface area contributed by atoms with Gasteiger partial charge in [-0.3, -0.25) is 0 Å². The van der Waals surface area contributed by atoms with Gasteiger partial charge in [-0.1, -0.05) is 30.3 Å². The smallest absolute Gasteiger partial charge is 0.285 e. The molecule has 2 nitrogen and oxygen atoms in total. The van der Waals surface area contributed by atoms with E-state index in [-0.39, 0.29) is 18.2 Å². The molecule has 0 radical (unpaired) electrons. The molecule has 1 aromatic carbocycles. The minimum absolute atomic E-state index is 0.0632. The highest BCUT2D eigenvalue weighted by molar-refractivity contribution is 5.20. The van der Waals surface area contributed by atoms with Crippen molar-refractivity contribution in [3.05, 3.63) is 35.9 Å². The minimum atomic E-state index is -2.82. The lowest BCUT2D eigenvalue weighted by molar-refractivity contribution is -0.00464. The van der Waals surface area contributed by atoms with Crippen LogP contribution in [-0.2, 0) is 10.7 Å². The third-order valence-corrected chi connectivity index (χ3v) is 3.48. The average Bonchev–Trinajstić information content (AvgIpc) is 2.76. The molecule has 0 spiro atoms. The third-order valence-electron chi connectivity index (χ3n) is 3.48. The largest absolute Gasteiger partial charge is 0.378 e. The van der Waals surface area contributed by atoms with Gasteiger partial charge >= 0.3 is 0 Å². The van der Waals surface area contributed by atoms with Crippen LogP contribution in [0.5, 0.6) is 0 Å². The highest BCUT2D eigenvalue weighted by Crippen LogP contribution is 2.27. The van der Waals surface area contributed by atoms with E-state index in [1.807, 2.05) is 6.92 Å². The molecule has 1 aliphatic heterocycles. The fourth-order valence-corrected chi connectivity index (χ4v) is 2.24. The Morgan fingerprint density at radius 3 is 2.67 bits per heavy atom. The van der Waals surface area contributed by atoms with E-state index in [1.165, 1.54) is 12.1 Å². The Hall–Kier alpha value is -1.00. The van der Waals surface area contributed by atoms with Crippen molar-refractivity contribution in [2.24, 2.45) is 5.92 Å². The van der Waals surface area contributed by atoms with Gasteiger partial charge in [-0.05, 0) is 19.3 Å². The van der Waals surface area contributed by atoms with Crippen molar-refractivity contribution < 1.29 is 13.5 Å². The van der Waals surface area contributed by atoms with Crippen molar-refractivity contribution in [1.29, 1.82) is 0 Å². The van der Waals surface area contributed by atoms with E-state index in [4.69, 9.17) is 4.74 Å². The molecule has 1 heterocycles. The lowest BCUT2D eigenvalue weighted by atomic mass is 10.0. The predicted molar refractivity (Wildman–Crippen MR) is 66.7 cm³/mol. The summed E-state index contributed by atoms with van der Waals surface area (Å²) in [4.78, 5) is 0. The second-order valence-electron chi connectivity index (χ2n) is 4.83. The van der Waals surface area contributed by atoms with Crippen LogP contribution in [0.1, 0.15) is 18.9 Å². The number of alkyl halides is 2. The molecule has 2 rings (SSSR count). The molecule has 0 aromatic heterocycles. The summed E-state index contributed by atoms with van der Waals surface area (Å²) in [5.74, 6) is -2.47. The van der Waals surface area contributed by atoms with Crippen LogP contribution in [0.2, 0.25) is 0 Å². The van der Waals surface area contributed by atoms with Crippen LogP contribution in [0.4, 0.5) is 8.78 Å². The van der Waals surface area contributed by atoms with Gasteiger partial charge in [0.05, 0.1) is 12.6 Å². The van der Waals surface area contributed by atoms with Gasteiger partial charge in [0.15, 0.2) is 0 Å². The summed E-state index contributed by atoms with van der Waals surface area (Å²) in [5, 5.41) is 2.87. The lowest BCUT2D eigenvalue weighted by Crippen LogP contribution is -2.35. The molecule has 1 N–H and O–H groups in total. The predicted octanol–water partition coefficient (Wildman–Crippen LogP) is 2.79. The van der Waals surface area contributed by atoms with Crippen LogP contribution in [0.15, 0.2) is 30.3 Å². The number of nitrogens with one attached hydrogen (secondary N) is 1. The lowest BCUT2D eigenvalue weighted by Gasteiger charge is -2.20. The van der Waals surface area contributed by atoms with Gasteiger partial charge in [0.2, 0.25) is 0 Å². The Bertz CT molecular complexity index is 369. The average molecular weight is 255 g/mol. The molecule has 0 saturated carbocycles. The summed E-state index contributed by atoms with van der Waals surface area (Å²) in [6.45, 7) is 3.00. The molecule has 4 heteroatoms. The van der Waals surface area contributed by atoms with Crippen molar-refractivity contribution in [2.75, 3.05) is 19.7 Å². The standard InChI is InChI=1S/C14H19F2NO/c1-11-12(7-8-18-11)9-17-10-14(15,16)13-5-3-2-4-6-13/h2-6,11-12,17H,7-10H2,1H3. The van der Waals surface area contributed by atoms with E-state index in [1.54, 1.807) is 18.2 Å². The third kappa shape index (κ3) is 3.27. The molecule has 18 heavy (non-hydrogen) atoms. The summed E-state index contributed by atoms with van der Waals surface area (Å²) in [5.41, 5.74) is 0.0632. The van der Waals surface area contributed by atoms with Crippen molar-refractivity contribution in [2.45, 2.75) is 25.4 Å². The van der Waals surface area contributed by atoms with E-state index < -0.39 is 5.92 Å². The number of ether oxygens (including phenoxy) is 1. The molecule has 0 amide bonds. The molecule has 1 saturated heterocycles. The first-order chi connectivity index (χ1) is 8.59. The highest BCUT2D eigenvalue weighted by Gasteiger charge is 2.31. The molecule has 2 atom stereocenters. The number of hydrogen-bond acceptors (Lipinski definition) is 2. The zero-order chi connectivity index (χ0) is 13.0. The molecule has 2 unspecified atom stereocenters. The van der Waals surface area contributed by atoms with Crippen LogP contribution in [0, 0.1) is 5.92 Å². The van der Waals surface area contributed by atoms with Gasteiger partial charge in [-0.2, -0.15) is 8.78 Å². The Kier molecular flexibility index (Phi) is 4.30. The quantitative estimate of drug-likeness (QED) is 0.873. The number of rotatable bonds is 5. The fourth-order valence-electron chi connectivity index (χ4n) is 2.24. The van der Waals surface area contributed by atoms with E-state index in [0.717, 1.165) is 13.0 Å². The maximum absolute atomic E-state index is 13.8. The van der Waals surface area contributed by atoms with Gasteiger partial charge in [0.1, 0.15) is 0 Å². The molecule has 1 aliphatic rings. The first-order valence-corrected chi connectivity index (χ1v) is 6.35. The summed E-state index contributed by atoms with van der Waals surface area (Å²) in [6.07, 6.45) is 1.12. The van der Waals surface area contributed by atoms with Crippen molar-refractivity contribution in [3.63, 3.8) is 0 Å². The monoisotopic (exact) mass is 255 g/mol. The first kappa shape index (κ1) is 13.4. The molecule has 0 bridgehead atoms. The zero-order valence-corrected chi connectivity index (χ0v) is 10.5. The summed E-state index contributed by atoms with van der Waals surface area (Å²) in [6, 6.07) is 7.93. The first-order valence-electron chi connectivity index (χ1n) is 6.35. The maximum atomic E-state index is 13.8. The molecule has 100 valence electrons. The maximum Gasteiger partial charge on any atom is 0.285 e. The minimum Gasteiger partial charge on any atom is -0.378 e. The Labute approximate surface area is 106 Å². The van der Waals surface area contributed by atoms with Crippen LogP contribution in [0.25, 0.3) is 0 Å². The molecule has 1 aromatic rings. The van der Waals surface area contributed by atoms with Crippen molar-refractivity contribution in [3.8, 4) is 0 Å². The van der Waals surface area contributed by atoms with Crippen LogP contribution < -0.4 is 5.32 Å². The van der Waals surface area contributed by atoms with Gasteiger partial charge in [0, 0.05) is 18.7 Å². The summed E-state index contributed by atoms with van der Waals surface area (Å²) >= 11 is 0. The fraction of sp³-hybridized carbons (Fsp3) is 0.571. The normalized spacial score (nSPS) is 24.4. The van der Waals surface area contributed by atoms with Gasteiger partial charge in [0.25, 0.3) is 5.92 Å². The second-order valence-corrected chi connectivity index (χ2v) is 4.83. The second kappa shape index (κ2) is 5.76. The Morgan fingerprint density at radius 2 is 2.06 bits per heavy atom. The van der Waals surface area contributed by atoms with Crippen LogP contribution >= 0.6 is 0 Å². The molecule has 1 fully saturated rings. The Balaban J connectivity index is 1.82. The number of halogens is 2. The van der Waals surface area contributed by atoms with Crippen LogP contribution in [0.3, 0.4) is 0 Å². The van der Waals surface area contributed by atoms with Crippen molar-refractivity contribution in [1.82, 2.24) is 5.32 Å². The summed E-state index contributed by atoms with van der Waals surface area (Å²) in [7, 11) is 0. The van der Waals surface area contributed by atoms with E-state index in [0.29, 0.717) is 12.5 Å². The summed E-state index contributed by atoms with van der Waals surface area (Å²) < 4.78 is 33.1.